The molecule has 0 atom stereocenters. The molecule has 0 saturated heterocycles. The van der Waals surface area contributed by atoms with E-state index in [1.54, 1.807) is 6.07 Å². The first kappa shape index (κ1) is 15.5. The number of hydrogen-bond acceptors (Lipinski definition) is 2. The van der Waals surface area contributed by atoms with E-state index in [4.69, 9.17) is 4.74 Å². The minimum Gasteiger partial charge on any atom is -0.489 e. The van der Waals surface area contributed by atoms with E-state index < -0.39 is 0 Å². The van der Waals surface area contributed by atoms with Gasteiger partial charge in [0.05, 0.1) is 0 Å². The molecular formula is C15H14Br2FNO. The van der Waals surface area contributed by atoms with Crippen LogP contribution in [0, 0.1) is 5.82 Å². The summed E-state index contributed by atoms with van der Waals surface area (Å²) in [6.07, 6.45) is 0. The second-order valence-electron chi connectivity index (χ2n) is 4.31. The average molecular weight is 403 g/mol. The molecule has 0 amide bonds. The van der Waals surface area contributed by atoms with Crippen molar-refractivity contribution in [2.45, 2.75) is 13.2 Å². The van der Waals surface area contributed by atoms with Gasteiger partial charge in [-0.3, -0.25) is 0 Å². The van der Waals surface area contributed by atoms with Crippen LogP contribution in [0.1, 0.15) is 11.1 Å². The third kappa shape index (κ3) is 4.04. The van der Waals surface area contributed by atoms with Crippen LogP contribution in [0.5, 0.6) is 5.75 Å². The Balaban J connectivity index is 2.14. The SMILES string of the molecule is CNCc1cc(Br)ccc1OCc1ccc(F)cc1Br. The lowest BCUT2D eigenvalue weighted by Crippen LogP contribution is -2.07. The number of benzene rings is 2. The maximum Gasteiger partial charge on any atom is 0.124 e. The van der Waals surface area contributed by atoms with Crippen molar-refractivity contribution >= 4 is 31.9 Å². The Hall–Kier alpha value is -0.910. The maximum absolute atomic E-state index is 13.0. The molecule has 0 aliphatic rings. The van der Waals surface area contributed by atoms with Crippen molar-refractivity contribution < 1.29 is 9.13 Å². The number of nitrogens with one attached hydrogen (secondary N) is 1. The van der Waals surface area contributed by atoms with Crippen LogP contribution < -0.4 is 10.1 Å². The molecule has 0 radical (unpaired) electrons. The lowest BCUT2D eigenvalue weighted by molar-refractivity contribution is 0.301. The van der Waals surface area contributed by atoms with Gasteiger partial charge in [0.2, 0.25) is 0 Å². The molecule has 0 aliphatic heterocycles. The fourth-order valence-electron chi connectivity index (χ4n) is 1.81. The summed E-state index contributed by atoms with van der Waals surface area (Å²) in [6.45, 7) is 1.11. The van der Waals surface area contributed by atoms with Gasteiger partial charge in [0, 0.05) is 26.6 Å². The first-order valence-electron chi connectivity index (χ1n) is 6.10. The van der Waals surface area contributed by atoms with Gasteiger partial charge in [-0.1, -0.05) is 37.9 Å². The monoisotopic (exact) mass is 401 g/mol. The summed E-state index contributed by atoms with van der Waals surface area (Å²) in [5.41, 5.74) is 1.98. The topological polar surface area (TPSA) is 21.3 Å². The molecule has 0 unspecified atom stereocenters. The highest BCUT2D eigenvalue weighted by atomic mass is 79.9. The molecular weight excluding hydrogens is 389 g/mol. The first-order chi connectivity index (χ1) is 9.60. The highest BCUT2D eigenvalue weighted by Gasteiger charge is 2.07. The van der Waals surface area contributed by atoms with E-state index in [1.165, 1.54) is 12.1 Å². The molecule has 106 valence electrons. The Morgan fingerprint density at radius 2 is 1.90 bits per heavy atom. The minimum absolute atomic E-state index is 0.264. The Morgan fingerprint density at radius 3 is 2.60 bits per heavy atom. The average Bonchev–Trinajstić information content (AvgIpc) is 2.40. The molecule has 0 aliphatic carbocycles. The van der Waals surface area contributed by atoms with E-state index in [-0.39, 0.29) is 5.82 Å². The Morgan fingerprint density at radius 1 is 1.10 bits per heavy atom. The lowest BCUT2D eigenvalue weighted by Gasteiger charge is -2.13. The Labute approximate surface area is 134 Å². The molecule has 0 spiro atoms. The molecule has 0 saturated carbocycles. The van der Waals surface area contributed by atoms with Crippen molar-refractivity contribution in [1.82, 2.24) is 5.32 Å². The van der Waals surface area contributed by atoms with Crippen LogP contribution in [-0.4, -0.2) is 7.05 Å². The smallest absolute Gasteiger partial charge is 0.124 e. The normalized spacial score (nSPS) is 10.6. The number of ether oxygens (including phenoxy) is 1. The van der Waals surface area contributed by atoms with Gasteiger partial charge in [0.1, 0.15) is 18.2 Å². The third-order valence-corrected chi connectivity index (χ3v) is 4.02. The van der Waals surface area contributed by atoms with E-state index in [2.05, 4.69) is 37.2 Å². The highest BCUT2D eigenvalue weighted by molar-refractivity contribution is 9.10. The van der Waals surface area contributed by atoms with Crippen LogP contribution in [0.3, 0.4) is 0 Å². The van der Waals surface area contributed by atoms with Crippen molar-refractivity contribution in [3.05, 3.63) is 62.3 Å². The predicted molar refractivity (Wildman–Crippen MR) is 85.3 cm³/mol. The number of hydrogen-bond donors (Lipinski definition) is 1. The summed E-state index contributed by atoms with van der Waals surface area (Å²) in [4.78, 5) is 0. The molecule has 2 rings (SSSR count). The highest BCUT2D eigenvalue weighted by Crippen LogP contribution is 2.25. The van der Waals surface area contributed by atoms with Crippen molar-refractivity contribution in [1.29, 1.82) is 0 Å². The largest absolute Gasteiger partial charge is 0.489 e. The van der Waals surface area contributed by atoms with E-state index in [0.29, 0.717) is 11.1 Å². The quantitative estimate of drug-likeness (QED) is 0.785. The van der Waals surface area contributed by atoms with Crippen LogP contribution in [0.2, 0.25) is 0 Å². The van der Waals surface area contributed by atoms with E-state index in [1.807, 2.05) is 25.2 Å². The Bertz CT molecular complexity index is 604. The molecule has 0 fully saturated rings. The second-order valence-corrected chi connectivity index (χ2v) is 6.08. The van der Waals surface area contributed by atoms with Gasteiger partial charge in [0.25, 0.3) is 0 Å². The van der Waals surface area contributed by atoms with Crippen LogP contribution in [-0.2, 0) is 13.2 Å². The minimum atomic E-state index is -0.264. The fraction of sp³-hybridized carbons (Fsp3) is 0.200. The molecule has 0 aromatic heterocycles. The first-order valence-corrected chi connectivity index (χ1v) is 7.68. The van der Waals surface area contributed by atoms with Gasteiger partial charge in [-0.25, -0.2) is 4.39 Å². The summed E-state index contributed by atoms with van der Waals surface area (Å²) in [5.74, 6) is 0.555. The van der Waals surface area contributed by atoms with Gasteiger partial charge < -0.3 is 10.1 Å². The fourth-order valence-corrected chi connectivity index (χ4v) is 2.69. The van der Waals surface area contributed by atoms with E-state index in [9.17, 15) is 4.39 Å². The number of halogens is 3. The van der Waals surface area contributed by atoms with Crippen LogP contribution in [0.15, 0.2) is 45.3 Å². The van der Waals surface area contributed by atoms with Crippen LogP contribution >= 0.6 is 31.9 Å². The van der Waals surface area contributed by atoms with E-state index in [0.717, 1.165) is 27.9 Å². The summed E-state index contributed by atoms with van der Waals surface area (Å²) >= 11 is 6.79. The Kier molecular flexibility index (Phi) is 5.57. The molecule has 2 aromatic rings. The zero-order valence-corrected chi connectivity index (χ0v) is 14.1. The zero-order valence-electron chi connectivity index (χ0n) is 10.9. The van der Waals surface area contributed by atoms with Crippen molar-refractivity contribution in [3.8, 4) is 5.75 Å². The van der Waals surface area contributed by atoms with Crippen LogP contribution in [0.4, 0.5) is 4.39 Å². The second kappa shape index (κ2) is 7.20. The van der Waals surface area contributed by atoms with Gasteiger partial charge in [-0.05, 0) is 37.4 Å². The molecule has 0 heterocycles. The molecule has 2 nitrogen and oxygen atoms in total. The maximum atomic E-state index is 13.0. The van der Waals surface area contributed by atoms with Crippen molar-refractivity contribution in [2.75, 3.05) is 7.05 Å². The third-order valence-electron chi connectivity index (χ3n) is 2.79. The standard InChI is InChI=1S/C15H14Br2FNO/c1-19-8-11-6-12(16)3-5-15(11)20-9-10-2-4-13(18)7-14(10)17/h2-7,19H,8-9H2,1H3. The van der Waals surface area contributed by atoms with Gasteiger partial charge >= 0.3 is 0 Å². The number of rotatable bonds is 5. The molecule has 5 heteroatoms. The van der Waals surface area contributed by atoms with Gasteiger partial charge in [-0.2, -0.15) is 0 Å². The summed E-state index contributed by atoms with van der Waals surface area (Å²) < 4.78 is 20.6. The molecule has 2 aromatic carbocycles. The molecule has 20 heavy (non-hydrogen) atoms. The molecule has 0 bridgehead atoms. The van der Waals surface area contributed by atoms with Gasteiger partial charge in [-0.15, -0.1) is 0 Å². The van der Waals surface area contributed by atoms with Gasteiger partial charge in [0.15, 0.2) is 0 Å². The van der Waals surface area contributed by atoms with E-state index >= 15 is 0 Å². The summed E-state index contributed by atoms with van der Waals surface area (Å²) in [7, 11) is 1.89. The molecule has 1 N–H and O–H groups in total. The van der Waals surface area contributed by atoms with Crippen molar-refractivity contribution in [2.24, 2.45) is 0 Å². The zero-order chi connectivity index (χ0) is 14.5. The summed E-state index contributed by atoms with van der Waals surface area (Å²) in [5, 5.41) is 3.11. The predicted octanol–water partition coefficient (Wildman–Crippen LogP) is 4.65. The summed E-state index contributed by atoms with van der Waals surface area (Å²) in [6, 6.07) is 10.5. The van der Waals surface area contributed by atoms with Crippen molar-refractivity contribution in [3.63, 3.8) is 0 Å². The van der Waals surface area contributed by atoms with Crippen LogP contribution in [0.25, 0.3) is 0 Å². The lowest BCUT2D eigenvalue weighted by atomic mass is 10.2.